The number of rotatable bonds is 6. The van der Waals surface area contributed by atoms with Gasteiger partial charge in [0.25, 0.3) is 6.43 Å². The molecule has 2 heterocycles. The van der Waals surface area contributed by atoms with Crippen LogP contribution >= 0.6 is 0 Å². The number of alkyl halides is 2. The third kappa shape index (κ3) is 4.82. The van der Waals surface area contributed by atoms with Crippen molar-refractivity contribution in [3.63, 3.8) is 0 Å². The first-order valence-electron chi connectivity index (χ1n) is 14.1. The van der Waals surface area contributed by atoms with E-state index in [1.165, 1.54) is 0 Å². The highest BCUT2D eigenvalue weighted by Gasteiger charge is 2.34. The van der Waals surface area contributed by atoms with Crippen molar-refractivity contribution in [2.24, 2.45) is 5.92 Å². The van der Waals surface area contributed by atoms with E-state index in [0.717, 1.165) is 35.3 Å². The minimum Gasteiger partial charge on any atom is -0.368 e. The molecule has 2 fully saturated rings. The van der Waals surface area contributed by atoms with Gasteiger partial charge in [-0.3, -0.25) is 4.79 Å². The van der Waals surface area contributed by atoms with Crippen LogP contribution in [-0.4, -0.2) is 51.6 Å². The molecule has 11 heteroatoms. The topological polar surface area (TPSA) is 66.3 Å². The normalized spacial score (nSPS) is 25.7. The maximum Gasteiger partial charge on any atom is 0.263 e. The quantitative estimate of drug-likeness (QED) is 0.521. The van der Waals surface area contributed by atoms with Crippen LogP contribution in [0.15, 0.2) is 42.7 Å². The molecule has 1 saturated carbocycles. The average Bonchev–Trinajstić information content (AvgIpc) is 3.61. The molecule has 1 aromatic heterocycles. The Morgan fingerprint density at radius 3 is 2.38 bits per heavy atom. The van der Waals surface area contributed by atoms with Gasteiger partial charge in [0, 0.05) is 56.3 Å². The van der Waals surface area contributed by atoms with Gasteiger partial charge < -0.3 is 15.1 Å². The molecule has 1 aliphatic heterocycles. The van der Waals surface area contributed by atoms with E-state index in [-0.39, 0.29) is 28.5 Å². The number of piperazine rings is 1. The molecule has 0 spiro atoms. The molecule has 0 radical (unpaired) electrons. The molecule has 1 N–H and O–H groups in total. The molecule has 2 aromatic carbocycles. The highest BCUT2D eigenvalue weighted by molar-refractivity contribution is 5.81. The SMILES string of the molecule is [2H]C1([2H])N(C(=O)C2CC2)C([2H])([2H])C([2H])([2H])N(c2cc(Nc3ncn(-c4cc(F)cc(F)c4)n3)cc(C(F)F)c2)C1([2H])[2H].[HH]. The third-order valence-electron chi connectivity index (χ3n) is 5.00. The van der Waals surface area contributed by atoms with Crippen LogP contribution < -0.4 is 10.2 Å². The monoisotopic (exact) mass is 484 g/mol. The van der Waals surface area contributed by atoms with Crippen LogP contribution in [-0.2, 0) is 4.79 Å². The van der Waals surface area contributed by atoms with Gasteiger partial charge in [0.2, 0.25) is 11.9 Å². The van der Waals surface area contributed by atoms with Crippen molar-refractivity contribution in [2.45, 2.75) is 19.3 Å². The van der Waals surface area contributed by atoms with Crippen molar-refractivity contribution < 1.29 is 34.7 Å². The van der Waals surface area contributed by atoms with Gasteiger partial charge >= 0.3 is 0 Å². The summed E-state index contributed by atoms with van der Waals surface area (Å²) in [4.78, 5) is 16.8. The molecule has 1 amide bonds. The van der Waals surface area contributed by atoms with Crippen LogP contribution in [0.25, 0.3) is 5.69 Å². The zero-order valence-electron chi connectivity index (χ0n) is 25.3. The fourth-order valence-corrected chi connectivity index (χ4v) is 3.22. The van der Waals surface area contributed by atoms with Gasteiger partial charge in [-0.05, 0) is 43.2 Å². The molecule has 0 unspecified atom stereocenters. The summed E-state index contributed by atoms with van der Waals surface area (Å²) in [6.07, 6.45) is -1.51. The van der Waals surface area contributed by atoms with E-state index >= 15 is 0 Å². The zero-order valence-corrected chi connectivity index (χ0v) is 17.3. The van der Waals surface area contributed by atoms with Crippen molar-refractivity contribution in [3.8, 4) is 5.69 Å². The largest absolute Gasteiger partial charge is 0.368 e. The zero-order chi connectivity index (χ0) is 31.0. The first kappa shape index (κ1) is 14.6. The Hall–Kier alpha value is -3.63. The number of anilines is 3. The Kier molecular flexibility index (Phi) is 3.84. The molecule has 7 nitrogen and oxygen atoms in total. The number of benzene rings is 2. The second-order valence-corrected chi connectivity index (χ2v) is 7.61. The van der Waals surface area contributed by atoms with E-state index < -0.39 is 67.1 Å². The Morgan fingerprint density at radius 1 is 1.03 bits per heavy atom. The van der Waals surface area contributed by atoms with E-state index in [1.807, 2.05) is 0 Å². The number of nitrogens with zero attached hydrogens (tertiary/aromatic N) is 5. The second kappa shape index (κ2) is 8.96. The third-order valence-corrected chi connectivity index (χ3v) is 5.00. The smallest absolute Gasteiger partial charge is 0.263 e. The van der Waals surface area contributed by atoms with Crippen LogP contribution in [0.3, 0.4) is 0 Å². The number of carbonyl (C=O) groups excluding carboxylic acids is 1. The Labute approximate surface area is 205 Å². The molecular weight excluding hydrogens is 452 g/mol. The summed E-state index contributed by atoms with van der Waals surface area (Å²) in [5.74, 6) is -3.95. The molecule has 2 aliphatic rings. The van der Waals surface area contributed by atoms with Crippen LogP contribution in [0.2, 0.25) is 0 Å². The van der Waals surface area contributed by atoms with Crippen molar-refractivity contribution in [2.75, 3.05) is 36.2 Å². The van der Waals surface area contributed by atoms with Crippen molar-refractivity contribution in [1.29, 1.82) is 0 Å². The van der Waals surface area contributed by atoms with Crippen LogP contribution in [0.1, 0.15) is 37.2 Å². The van der Waals surface area contributed by atoms with Gasteiger partial charge in [-0.15, -0.1) is 5.10 Å². The number of hydrogen-bond donors (Lipinski definition) is 1. The number of aromatic nitrogens is 3. The van der Waals surface area contributed by atoms with Crippen molar-refractivity contribution >= 4 is 23.2 Å². The maximum atomic E-state index is 13.9. The average molecular weight is 485 g/mol. The van der Waals surface area contributed by atoms with Gasteiger partial charge in [-0.2, -0.15) is 4.98 Å². The summed E-state index contributed by atoms with van der Waals surface area (Å²) in [6, 6.07) is 5.08. The van der Waals surface area contributed by atoms with E-state index in [9.17, 15) is 22.4 Å². The predicted octanol–water partition coefficient (Wildman–Crippen LogP) is 4.53. The van der Waals surface area contributed by atoms with Gasteiger partial charge in [0.05, 0.1) is 16.7 Å². The Morgan fingerprint density at radius 2 is 1.74 bits per heavy atom. The van der Waals surface area contributed by atoms with Gasteiger partial charge in [0.1, 0.15) is 18.0 Å². The fraction of sp³-hybridized carbons (Fsp3) is 0.348. The molecule has 1 saturated heterocycles. The maximum absolute atomic E-state index is 13.9. The first-order valence-corrected chi connectivity index (χ1v) is 10.1. The fourth-order valence-electron chi connectivity index (χ4n) is 3.22. The number of halogens is 4. The van der Waals surface area contributed by atoms with Crippen LogP contribution in [0.4, 0.5) is 34.9 Å². The molecule has 0 atom stereocenters. The van der Waals surface area contributed by atoms with Gasteiger partial charge in [0.15, 0.2) is 0 Å². The Balaban J connectivity index is 0.00000423. The van der Waals surface area contributed by atoms with Crippen LogP contribution in [0, 0.1) is 17.6 Å². The van der Waals surface area contributed by atoms with E-state index in [1.54, 1.807) is 0 Å². The van der Waals surface area contributed by atoms with Gasteiger partial charge in [-0.1, -0.05) is 0 Å². The summed E-state index contributed by atoms with van der Waals surface area (Å²) in [5.41, 5.74) is -1.76. The highest BCUT2D eigenvalue weighted by atomic mass is 19.3. The molecule has 3 aromatic rings. The summed E-state index contributed by atoms with van der Waals surface area (Å²) in [6.45, 7) is -13.8. The van der Waals surface area contributed by atoms with Gasteiger partial charge in [-0.25, -0.2) is 22.2 Å². The lowest BCUT2D eigenvalue weighted by Crippen LogP contribution is -2.49. The minimum atomic E-state index is -3.47. The molecular formula is C23H24F4N6O. The van der Waals surface area contributed by atoms with Crippen molar-refractivity contribution in [3.05, 3.63) is 59.9 Å². The van der Waals surface area contributed by atoms with E-state index in [4.69, 9.17) is 11.0 Å². The molecule has 5 rings (SSSR count). The van der Waals surface area contributed by atoms with Crippen molar-refractivity contribution in [1.82, 2.24) is 19.7 Å². The highest BCUT2D eigenvalue weighted by Crippen LogP contribution is 2.33. The minimum absolute atomic E-state index is 0. The summed E-state index contributed by atoms with van der Waals surface area (Å²) >= 11 is 0. The summed E-state index contributed by atoms with van der Waals surface area (Å²) < 4.78 is 124. The van der Waals surface area contributed by atoms with E-state index in [2.05, 4.69) is 15.4 Å². The van der Waals surface area contributed by atoms with Crippen LogP contribution in [0.5, 0.6) is 0 Å². The lowest BCUT2D eigenvalue weighted by atomic mass is 10.1. The molecule has 34 heavy (non-hydrogen) atoms. The first-order chi connectivity index (χ1) is 19.4. The predicted molar refractivity (Wildman–Crippen MR) is 120 cm³/mol. The lowest BCUT2D eigenvalue weighted by Gasteiger charge is -2.36. The number of hydrogen-bond acceptors (Lipinski definition) is 5. The summed E-state index contributed by atoms with van der Waals surface area (Å²) in [5, 5.41) is 6.53. The Bertz CT molecular complexity index is 1500. The summed E-state index contributed by atoms with van der Waals surface area (Å²) in [7, 11) is 0. The number of amides is 1. The lowest BCUT2D eigenvalue weighted by molar-refractivity contribution is -0.132. The molecule has 0 bridgehead atoms. The molecule has 180 valence electrons. The second-order valence-electron chi connectivity index (χ2n) is 7.61. The number of nitrogens with one attached hydrogen (secondary N) is 1. The standard InChI is InChI=1S/C23H22F4N6O.H2/c24-16-9-17(25)11-20(10-16)33-13-28-23(30-33)29-18-7-15(21(26)27)8-19(12-18)31-3-5-32(6-4-31)22(34)14-1-2-14;/h7-14,21H,1-6H2,(H,29,30);1H/i3D2,4D2,5D2,6D2;. The van der Waals surface area contributed by atoms with E-state index in [0.29, 0.717) is 25.0 Å². The molecule has 1 aliphatic carbocycles. The number of carbonyl (C=O) groups is 1.